The average molecular weight is 403 g/mol. The van der Waals surface area contributed by atoms with Gasteiger partial charge in [-0.1, -0.05) is 6.07 Å². The standard InChI is InChI=1S/C22H34N4O3/c1-2-23-22(26-12-14-28-20(16-26)19-10-6-13-27-19)25-15-17-7-5-11-24-21(17)29-18-8-3-4-9-18/h5,7,11,18-20H,2-4,6,8-10,12-16H2,1H3,(H,23,25). The molecule has 7 heteroatoms. The number of aliphatic imine (C=N–C) groups is 1. The van der Waals surface area contributed by atoms with Gasteiger partial charge in [0.25, 0.3) is 0 Å². The molecule has 29 heavy (non-hydrogen) atoms. The summed E-state index contributed by atoms with van der Waals surface area (Å²) in [4.78, 5) is 11.7. The minimum absolute atomic E-state index is 0.120. The number of pyridine rings is 1. The third-order valence-electron chi connectivity index (χ3n) is 5.94. The van der Waals surface area contributed by atoms with E-state index in [-0.39, 0.29) is 12.2 Å². The van der Waals surface area contributed by atoms with Gasteiger partial charge in [-0.3, -0.25) is 0 Å². The summed E-state index contributed by atoms with van der Waals surface area (Å²) in [5.41, 5.74) is 1.04. The van der Waals surface area contributed by atoms with Crippen LogP contribution in [0, 0.1) is 0 Å². The fraction of sp³-hybridized carbons (Fsp3) is 0.727. The van der Waals surface area contributed by atoms with Crippen molar-refractivity contribution in [1.82, 2.24) is 15.2 Å². The van der Waals surface area contributed by atoms with Crippen molar-refractivity contribution in [3.05, 3.63) is 23.9 Å². The zero-order chi connectivity index (χ0) is 19.9. The summed E-state index contributed by atoms with van der Waals surface area (Å²) in [5, 5.41) is 3.44. The van der Waals surface area contributed by atoms with Gasteiger partial charge < -0.3 is 24.4 Å². The van der Waals surface area contributed by atoms with E-state index in [2.05, 4.69) is 28.2 Å². The lowest BCUT2D eigenvalue weighted by atomic mass is 10.1. The summed E-state index contributed by atoms with van der Waals surface area (Å²) >= 11 is 0. The predicted octanol–water partition coefficient (Wildman–Crippen LogP) is 2.75. The molecule has 7 nitrogen and oxygen atoms in total. The molecule has 2 atom stereocenters. The first-order valence-electron chi connectivity index (χ1n) is 11.2. The minimum Gasteiger partial charge on any atom is -0.474 e. The van der Waals surface area contributed by atoms with Crippen molar-refractivity contribution < 1.29 is 14.2 Å². The number of nitrogens with zero attached hydrogens (tertiary/aromatic N) is 3. The number of morpholine rings is 1. The van der Waals surface area contributed by atoms with E-state index in [1.807, 2.05) is 6.07 Å². The van der Waals surface area contributed by atoms with E-state index in [1.165, 1.54) is 12.8 Å². The second-order valence-corrected chi connectivity index (χ2v) is 8.07. The average Bonchev–Trinajstić information content (AvgIpc) is 3.46. The molecule has 1 N–H and O–H groups in total. The number of ether oxygens (including phenoxy) is 3. The van der Waals surface area contributed by atoms with Crippen molar-refractivity contribution in [3.8, 4) is 5.88 Å². The van der Waals surface area contributed by atoms with Crippen molar-refractivity contribution in [2.45, 2.75) is 70.3 Å². The molecule has 0 radical (unpaired) electrons. The topological polar surface area (TPSA) is 68.2 Å². The number of rotatable bonds is 6. The Hall–Kier alpha value is -1.86. The lowest BCUT2D eigenvalue weighted by Crippen LogP contribution is -2.53. The van der Waals surface area contributed by atoms with E-state index in [0.29, 0.717) is 19.3 Å². The molecule has 1 aromatic heterocycles. The molecule has 1 saturated carbocycles. The van der Waals surface area contributed by atoms with Crippen LogP contribution in [0.1, 0.15) is 51.0 Å². The van der Waals surface area contributed by atoms with Gasteiger partial charge in [0.05, 0.1) is 19.3 Å². The molecule has 0 spiro atoms. The maximum atomic E-state index is 6.18. The van der Waals surface area contributed by atoms with Crippen molar-refractivity contribution >= 4 is 5.96 Å². The Balaban J connectivity index is 1.43. The monoisotopic (exact) mass is 402 g/mol. The molecule has 160 valence electrons. The third-order valence-corrected chi connectivity index (χ3v) is 5.94. The van der Waals surface area contributed by atoms with Crippen molar-refractivity contribution in [3.63, 3.8) is 0 Å². The van der Waals surface area contributed by atoms with Gasteiger partial charge in [0.2, 0.25) is 5.88 Å². The molecule has 3 aliphatic rings. The normalized spacial score (nSPS) is 26.1. The largest absolute Gasteiger partial charge is 0.474 e. The lowest BCUT2D eigenvalue weighted by molar-refractivity contribution is -0.0817. The first-order valence-corrected chi connectivity index (χ1v) is 11.2. The van der Waals surface area contributed by atoms with Crippen LogP contribution in [0.4, 0.5) is 0 Å². The van der Waals surface area contributed by atoms with Crippen LogP contribution in [0.5, 0.6) is 5.88 Å². The van der Waals surface area contributed by atoms with Crippen LogP contribution in [0.15, 0.2) is 23.3 Å². The molecule has 2 unspecified atom stereocenters. The summed E-state index contributed by atoms with van der Waals surface area (Å²) < 4.78 is 18.0. The van der Waals surface area contributed by atoms with Gasteiger partial charge in [-0.2, -0.15) is 0 Å². The van der Waals surface area contributed by atoms with Crippen LogP contribution >= 0.6 is 0 Å². The van der Waals surface area contributed by atoms with Crippen LogP contribution < -0.4 is 10.1 Å². The Morgan fingerprint density at radius 3 is 2.86 bits per heavy atom. The smallest absolute Gasteiger partial charge is 0.218 e. The van der Waals surface area contributed by atoms with Crippen molar-refractivity contribution in [2.24, 2.45) is 4.99 Å². The Morgan fingerprint density at radius 1 is 1.21 bits per heavy atom. The number of aromatic nitrogens is 1. The second-order valence-electron chi connectivity index (χ2n) is 8.07. The van der Waals surface area contributed by atoms with Crippen LogP contribution in [0.25, 0.3) is 0 Å². The molecule has 0 aromatic carbocycles. The number of nitrogens with one attached hydrogen (secondary N) is 1. The van der Waals surface area contributed by atoms with Crippen LogP contribution in [0.2, 0.25) is 0 Å². The molecule has 3 fully saturated rings. The Kier molecular flexibility index (Phi) is 7.22. The first-order chi connectivity index (χ1) is 14.3. The first kappa shape index (κ1) is 20.4. The van der Waals surface area contributed by atoms with E-state index < -0.39 is 0 Å². The summed E-state index contributed by atoms with van der Waals surface area (Å²) in [7, 11) is 0. The highest BCUT2D eigenvalue weighted by atomic mass is 16.5. The van der Waals surface area contributed by atoms with Gasteiger partial charge in [-0.05, 0) is 51.5 Å². The second kappa shape index (κ2) is 10.3. The van der Waals surface area contributed by atoms with Gasteiger partial charge in [-0.25, -0.2) is 9.98 Å². The predicted molar refractivity (Wildman–Crippen MR) is 112 cm³/mol. The maximum absolute atomic E-state index is 6.18. The fourth-order valence-electron chi connectivity index (χ4n) is 4.39. The Bertz CT molecular complexity index is 672. The lowest BCUT2D eigenvalue weighted by Gasteiger charge is -2.37. The van der Waals surface area contributed by atoms with Crippen LogP contribution in [-0.2, 0) is 16.0 Å². The summed E-state index contributed by atoms with van der Waals surface area (Å²) in [6.45, 7) is 6.70. The van der Waals surface area contributed by atoms with Gasteiger partial charge in [0.1, 0.15) is 12.2 Å². The molecule has 2 saturated heterocycles. The van der Waals surface area contributed by atoms with E-state index >= 15 is 0 Å². The van der Waals surface area contributed by atoms with Crippen LogP contribution in [0.3, 0.4) is 0 Å². The molecule has 1 aliphatic carbocycles. The van der Waals surface area contributed by atoms with E-state index in [0.717, 1.165) is 69.3 Å². The molecule has 1 aromatic rings. The quantitative estimate of drug-likeness (QED) is 0.583. The highest BCUT2D eigenvalue weighted by Gasteiger charge is 2.32. The number of hydrogen-bond acceptors (Lipinski definition) is 5. The van der Waals surface area contributed by atoms with Gasteiger partial charge in [0.15, 0.2) is 5.96 Å². The minimum atomic E-state index is 0.120. The van der Waals surface area contributed by atoms with Crippen molar-refractivity contribution in [2.75, 3.05) is 32.8 Å². The van der Waals surface area contributed by atoms with Crippen LogP contribution in [-0.4, -0.2) is 67.0 Å². The zero-order valence-corrected chi connectivity index (χ0v) is 17.5. The molecular weight excluding hydrogens is 368 g/mol. The van der Waals surface area contributed by atoms with E-state index in [4.69, 9.17) is 19.2 Å². The maximum Gasteiger partial charge on any atom is 0.218 e. The summed E-state index contributed by atoms with van der Waals surface area (Å²) in [6.07, 6.45) is 9.40. The molecular formula is C22H34N4O3. The van der Waals surface area contributed by atoms with Gasteiger partial charge in [-0.15, -0.1) is 0 Å². The Labute approximate surface area is 173 Å². The molecule has 4 rings (SSSR count). The highest BCUT2D eigenvalue weighted by Crippen LogP contribution is 2.25. The molecule has 2 aliphatic heterocycles. The fourth-order valence-corrected chi connectivity index (χ4v) is 4.39. The molecule has 0 bridgehead atoms. The number of guanidine groups is 1. The van der Waals surface area contributed by atoms with E-state index in [1.54, 1.807) is 6.20 Å². The van der Waals surface area contributed by atoms with Crippen molar-refractivity contribution in [1.29, 1.82) is 0 Å². The van der Waals surface area contributed by atoms with Gasteiger partial charge in [0, 0.05) is 38.0 Å². The van der Waals surface area contributed by atoms with Gasteiger partial charge >= 0.3 is 0 Å². The zero-order valence-electron chi connectivity index (χ0n) is 17.5. The molecule has 0 amide bonds. The highest BCUT2D eigenvalue weighted by molar-refractivity contribution is 5.80. The molecule has 3 heterocycles. The summed E-state index contributed by atoms with van der Waals surface area (Å²) in [6, 6.07) is 4.03. The third kappa shape index (κ3) is 5.39. The van der Waals surface area contributed by atoms with E-state index in [9.17, 15) is 0 Å². The SMILES string of the molecule is CCNC(=NCc1cccnc1OC1CCCC1)N1CCOC(C2CCCO2)C1. The summed E-state index contributed by atoms with van der Waals surface area (Å²) in [5.74, 6) is 1.66. The Morgan fingerprint density at radius 2 is 2.07 bits per heavy atom. The number of hydrogen-bond donors (Lipinski definition) is 1.